The molecule has 104 valence electrons. The fourth-order valence-electron chi connectivity index (χ4n) is 2.62. The molecular formula is C16H24N2O. The Labute approximate surface area is 116 Å². The Balaban J connectivity index is 2.09. The normalized spacial score (nSPS) is 18.8. The van der Waals surface area contributed by atoms with Gasteiger partial charge in [-0.05, 0) is 39.3 Å². The monoisotopic (exact) mass is 260 g/mol. The van der Waals surface area contributed by atoms with Gasteiger partial charge in [-0.1, -0.05) is 29.8 Å². The van der Waals surface area contributed by atoms with Crippen molar-refractivity contribution in [1.82, 2.24) is 10.2 Å². The first-order valence-electron chi connectivity index (χ1n) is 7.14. The highest BCUT2D eigenvalue weighted by atomic mass is 16.2. The second-order valence-corrected chi connectivity index (χ2v) is 5.74. The van der Waals surface area contributed by atoms with Crippen LogP contribution in [0.1, 0.15) is 31.4 Å². The third-order valence-corrected chi connectivity index (χ3v) is 3.75. The Hall–Kier alpha value is -1.35. The molecule has 0 bridgehead atoms. The van der Waals surface area contributed by atoms with E-state index in [4.69, 9.17) is 0 Å². The van der Waals surface area contributed by atoms with E-state index in [0.29, 0.717) is 12.5 Å². The number of carbonyl (C=O) groups is 1. The van der Waals surface area contributed by atoms with E-state index in [0.717, 1.165) is 19.5 Å². The molecule has 1 heterocycles. The number of amides is 1. The standard InChI is InChI=1S/C16H24N2O/c1-12(2)18(16(19)15-7-8-17-10-15)11-14-6-4-5-13(3)9-14/h4-6,9,12,15,17H,7-8,10-11H2,1-3H3/t15-/m1/s1. The van der Waals surface area contributed by atoms with Gasteiger partial charge in [-0.25, -0.2) is 0 Å². The van der Waals surface area contributed by atoms with Gasteiger partial charge in [-0.2, -0.15) is 0 Å². The van der Waals surface area contributed by atoms with E-state index in [1.165, 1.54) is 11.1 Å². The molecule has 0 spiro atoms. The Bertz CT molecular complexity index is 436. The van der Waals surface area contributed by atoms with Crippen LogP contribution in [-0.2, 0) is 11.3 Å². The van der Waals surface area contributed by atoms with E-state index in [1.807, 2.05) is 4.90 Å². The Morgan fingerprint density at radius 3 is 2.84 bits per heavy atom. The zero-order valence-electron chi connectivity index (χ0n) is 12.1. The van der Waals surface area contributed by atoms with Crippen LogP contribution >= 0.6 is 0 Å². The molecule has 0 saturated carbocycles. The van der Waals surface area contributed by atoms with Crippen LogP contribution in [0.2, 0.25) is 0 Å². The average Bonchev–Trinajstić information content (AvgIpc) is 2.88. The van der Waals surface area contributed by atoms with Gasteiger partial charge in [0.05, 0.1) is 5.92 Å². The molecule has 1 saturated heterocycles. The molecule has 0 aromatic heterocycles. The summed E-state index contributed by atoms with van der Waals surface area (Å²) in [6.07, 6.45) is 0.968. The predicted molar refractivity (Wildman–Crippen MR) is 77.8 cm³/mol. The highest BCUT2D eigenvalue weighted by molar-refractivity contribution is 5.79. The summed E-state index contributed by atoms with van der Waals surface area (Å²) < 4.78 is 0. The Morgan fingerprint density at radius 1 is 1.47 bits per heavy atom. The van der Waals surface area contributed by atoms with Crippen LogP contribution in [0.15, 0.2) is 24.3 Å². The summed E-state index contributed by atoms with van der Waals surface area (Å²) in [5, 5.41) is 3.27. The van der Waals surface area contributed by atoms with Crippen LogP contribution in [0, 0.1) is 12.8 Å². The van der Waals surface area contributed by atoms with Crippen LogP contribution in [0.4, 0.5) is 0 Å². The topological polar surface area (TPSA) is 32.3 Å². The largest absolute Gasteiger partial charge is 0.336 e. The molecule has 1 aromatic carbocycles. The van der Waals surface area contributed by atoms with Crippen LogP contribution < -0.4 is 5.32 Å². The molecule has 1 aliphatic rings. The molecule has 2 rings (SSSR count). The fraction of sp³-hybridized carbons (Fsp3) is 0.562. The van der Waals surface area contributed by atoms with Crippen molar-refractivity contribution in [1.29, 1.82) is 0 Å². The molecule has 0 unspecified atom stereocenters. The number of benzene rings is 1. The predicted octanol–water partition coefficient (Wildman–Crippen LogP) is 2.34. The number of aryl methyl sites for hydroxylation is 1. The summed E-state index contributed by atoms with van der Waals surface area (Å²) in [4.78, 5) is 14.6. The van der Waals surface area contributed by atoms with Gasteiger partial charge in [0.15, 0.2) is 0 Å². The molecule has 3 nitrogen and oxygen atoms in total. The summed E-state index contributed by atoms with van der Waals surface area (Å²) in [6.45, 7) is 8.79. The van der Waals surface area contributed by atoms with Crippen LogP contribution in [0.3, 0.4) is 0 Å². The second kappa shape index (κ2) is 6.20. The lowest BCUT2D eigenvalue weighted by Gasteiger charge is -2.29. The van der Waals surface area contributed by atoms with Crippen molar-refractivity contribution >= 4 is 5.91 Å². The van der Waals surface area contributed by atoms with Gasteiger partial charge >= 0.3 is 0 Å². The number of nitrogens with one attached hydrogen (secondary N) is 1. The maximum Gasteiger partial charge on any atom is 0.227 e. The highest BCUT2D eigenvalue weighted by Gasteiger charge is 2.28. The molecular weight excluding hydrogens is 236 g/mol. The molecule has 3 heteroatoms. The number of hydrogen-bond acceptors (Lipinski definition) is 2. The molecule has 1 atom stereocenters. The minimum atomic E-state index is 0.159. The molecule has 1 N–H and O–H groups in total. The lowest BCUT2D eigenvalue weighted by Crippen LogP contribution is -2.41. The molecule has 1 fully saturated rings. The molecule has 0 aliphatic carbocycles. The summed E-state index contributed by atoms with van der Waals surface area (Å²) in [7, 11) is 0. The van der Waals surface area contributed by atoms with Crippen LogP contribution in [0.5, 0.6) is 0 Å². The van der Waals surface area contributed by atoms with Crippen molar-refractivity contribution < 1.29 is 4.79 Å². The number of rotatable bonds is 4. The smallest absolute Gasteiger partial charge is 0.227 e. The van der Waals surface area contributed by atoms with E-state index >= 15 is 0 Å². The lowest BCUT2D eigenvalue weighted by molar-refractivity contribution is -0.137. The Kier molecular flexibility index (Phi) is 4.59. The highest BCUT2D eigenvalue weighted by Crippen LogP contribution is 2.17. The van der Waals surface area contributed by atoms with Crippen molar-refractivity contribution in [2.45, 2.75) is 39.8 Å². The van der Waals surface area contributed by atoms with E-state index in [-0.39, 0.29) is 12.0 Å². The number of hydrogen-bond donors (Lipinski definition) is 1. The van der Waals surface area contributed by atoms with Crippen molar-refractivity contribution in [3.8, 4) is 0 Å². The van der Waals surface area contributed by atoms with Crippen molar-refractivity contribution in [2.24, 2.45) is 5.92 Å². The third-order valence-electron chi connectivity index (χ3n) is 3.75. The Morgan fingerprint density at radius 2 is 2.26 bits per heavy atom. The van der Waals surface area contributed by atoms with Gasteiger partial charge in [-0.15, -0.1) is 0 Å². The van der Waals surface area contributed by atoms with E-state index in [9.17, 15) is 4.79 Å². The first kappa shape index (κ1) is 14.1. The molecule has 19 heavy (non-hydrogen) atoms. The second-order valence-electron chi connectivity index (χ2n) is 5.74. The van der Waals surface area contributed by atoms with E-state index in [1.54, 1.807) is 0 Å². The first-order chi connectivity index (χ1) is 9.08. The zero-order chi connectivity index (χ0) is 13.8. The van der Waals surface area contributed by atoms with Gasteiger partial charge in [0.25, 0.3) is 0 Å². The van der Waals surface area contributed by atoms with Crippen molar-refractivity contribution in [2.75, 3.05) is 13.1 Å². The molecule has 1 aromatic rings. The van der Waals surface area contributed by atoms with Gasteiger partial charge in [0.2, 0.25) is 5.91 Å². The molecule has 1 aliphatic heterocycles. The van der Waals surface area contributed by atoms with E-state index < -0.39 is 0 Å². The van der Waals surface area contributed by atoms with Gasteiger partial charge in [-0.3, -0.25) is 4.79 Å². The third kappa shape index (κ3) is 3.57. The maximum absolute atomic E-state index is 12.6. The van der Waals surface area contributed by atoms with Crippen molar-refractivity contribution in [3.05, 3.63) is 35.4 Å². The minimum Gasteiger partial charge on any atom is -0.336 e. The summed E-state index contributed by atoms with van der Waals surface area (Å²) in [5.74, 6) is 0.453. The summed E-state index contributed by atoms with van der Waals surface area (Å²) in [6, 6.07) is 8.66. The quantitative estimate of drug-likeness (QED) is 0.901. The van der Waals surface area contributed by atoms with Crippen LogP contribution in [-0.4, -0.2) is 29.9 Å². The van der Waals surface area contributed by atoms with Crippen molar-refractivity contribution in [3.63, 3.8) is 0 Å². The lowest BCUT2D eigenvalue weighted by atomic mass is 10.0. The first-order valence-corrected chi connectivity index (χ1v) is 7.14. The maximum atomic E-state index is 12.6. The minimum absolute atomic E-state index is 0.159. The summed E-state index contributed by atoms with van der Waals surface area (Å²) >= 11 is 0. The SMILES string of the molecule is Cc1cccc(CN(C(=O)[C@@H]2CCNC2)C(C)C)c1. The number of nitrogens with zero attached hydrogens (tertiary/aromatic N) is 1. The molecule has 0 radical (unpaired) electrons. The van der Waals surface area contributed by atoms with Gasteiger partial charge in [0.1, 0.15) is 0 Å². The fourth-order valence-corrected chi connectivity index (χ4v) is 2.62. The van der Waals surface area contributed by atoms with E-state index in [2.05, 4.69) is 50.4 Å². The number of carbonyl (C=O) groups excluding carboxylic acids is 1. The van der Waals surface area contributed by atoms with Gasteiger partial charge < -0.3 is 10.2 Å². The average molecular weight is 260 g/mol. The summed E-state index contributed by atoms with van der Waals surface area (Å²) in [5.41, 5.74) is 2.46. The van der Waals surface area contributed by atoms with Crippen LogP contribution in [0.25, 0.3) is 0 Å². The zero-order valence-corrected chi connectivity index (χ0v) is 12.1. The van der Waals surface area contributed by atoms with Gasteiger partial charge in [0, 0.05) is 19.1 Å². The molecule has 1 amide bonds.